The first-order chi connectivity index (χ1) is 8.22. The summed E-state index contributed by atoms with van der Waals surface area (Å²) in [6, 6.07) is 7.60. The summed E-state index contributed by atoms with van der Waals surface area (Å²) < 4.78 is 0. The summed E-state index contributed by atoms with van der Waals surface area (Å²) in [5, 5.41) is 8.72. The third kappa shape index (κ3) is 2.20. The molecule has 1 aliphatic carbocycles. The maximum absolute atomic E-state index is 5.99. The number of H-pyrrole nitrogens is 1. The van der Waals surface area contributed by atoms with Crippen molar-refractivity contribution in [2.45, 2.75) is 25.2 Å². The highest BCUT2D eigenvalue weighted by atomic mass is 35.5. The second-order valence-corrected chi connectivity index (χ2v) is 5.37. The lowest BCUT2D eigenvalue weighted by molar-refractivity contribution is 0.410. The molecule has 1 fully saturated rings. The Hall–Kier alpha value is -0.990. The first-order valence-electron chi connectivity index (χ1n) is 5.74. The van der Waals surface area contributed by atoms with Crippen molar-refractivity contribution in [1.82, 2.24) is 10.2 Å². The zero-order valence-electron chi connectivity index (χ0n) is 9.21. The maximum atomic E-state index is 5.99. The van der Waals surface area contributed by atoms with Gasteiger partial charge in [-0.1, -0.05) is 29.6 Å². The normalized spacial score (nSPS) is 15.9. The number of hydrogen-bond donors (Lipinski definition) is 1. The zero-order chi connectivity index (χ0) is 11.8. The van der Waals surface area contributed by atoms with Gasteiger partial charge in [0.15, 0.2) is 0 Å². The second kappa shape index (κ2) is 4.35. The Labute approximate surface area is 110 Å². The molecule has 88 valence electrons. The Balaban J connectivity index is 1.94. The van der Waals surface area contributed by atoms with Crippen molar-refractivity contribution in [3.63, 3.8) is 0 Å². The van der Waals surface area contributed by atoms with Crippen molar-refractivity contribution in [2.75, 3.05) is 0 Å². The standard InChI is InChI=1S/C13H12Cl2N2/c14-10-4-9(5-11(15)6-10)13-7-12(16-17-13)8-2-1-3-8/h4-8H,1-3H2,(H,16,17). The quantitative estimate of drug-likeness (QED) is 0.842. The second-order valence-electron chi connectivity index (χ2n) is 4.49. The minimum Gasteiger partial charge on any atom is -0.282 e. The SMILES string of the molecule is Clc1cc(Cl)cc(-c2cc(C3CCC3)[nH]n2)c1. The van der Waals surface area contributed by atoms with Crippen LogP contribution in [0.15, 0.2) is 24.3 Å². The molecule has 17 heavy (non-hydrogen) atoms. The summed E-state index contributed by atoms with van der Waals surface area (Å²) in [6.07, 6.45) is 3.85. The highest BCUT2D eigenvalue weighted by Gasteiger charge is 2.21. The van der Waals surface area contributed by atoms with Crippen LogP contribution < -0.4 is 0 Å². The number of nitrogens with zero attached hydrogens (tertiary/aromatic N) is 1. The Morgan fingerprint density at radius 1 is 1.06 bits per heavy atom. The van der Waals surface area contributed by atoms with E-state index in [4.69, 9.17) is 23.2 Å². The summed E-state index contributed by atoms with van der Waals surface area (Å²) in [5.41, 5.74) is 3.10. The molecule has 1 aliphatic rings. The van der Waals surface area contributed by atoms with Gasteiger partial charge in [0.2, 0.25) is 0 Å². The average molecular weight is 267 g/mol. The molecule has 0 atom stereocenters. The highest BCUT2D eigenvalue weighted by molar-refractivity contribution is 6.35. The van der Waals surface area contributed by atoms with E-state index in [9.17, 15) is 0 Å². The van der Waals surface area contributed by atoms with Gasteiger partial charge in [0.1, 0.15) is 0 Å². The molecule has 3 rings (SSSR count). The van der Waals surface area contributed by atoms with Crippen molar-refractivity contribution in [2.24, 2.45) is 0 Å². The first-order valence-corrected chi connectivity index (χ1v) is 6.50. The molecular formula is C13H12Cl2N2. The Kier molecular flexibility index (Phi) is 2.85. The molecule has 0 saturated heterocycles. The third-order valence-corrected chi connectivity index (χ3v) is 3.74. The van der Waals surface area contributed by atoms with Gasteiger partial charge in [0, 0.05) is 27.2 Å². The number of aromatic nitrogens is 2. The lowest BCUT2D eigenvalue weighted by atomic mass is 9.83. The lowest BCUT2D eigenvalue weighted by Gasteiger charge is -2.23. The highest BCUT2D eigenvalue weighted by Crippen LogP contribution is 2.36. The Bertz CT molecular complexity index is 524. The molecule has 1 heterocycles. The van der Waals surface area contributed by atoms with Crippen molar-refractivity contribution in [1.29, 1.82) is 0 Å². The zero-order valence-corrected chi connectivity index (χ0v) is 10.7. The molecule has 1 aromatic carbocycles. The minimum atomic E-state index is 0.640. The topological polar surface area (TPSA) is 28.7 Å². The van der Waals surface area contributed by atoms with Crippen LogP contribution in [-0.2, 0) is 0 Å². The Morgan fingerprint density at radius 2 is 1.76 bits per heavy atom. The fourth-order valence-electron chi connectivity index (χ4n) is 2.11. The number of nitrogens with one attached hydrogen (secondary N) is 1. The van der Waals surface area contributed by atoms with Crippen LogP contribution in [0.25, 0.3) is 11.3 Å². The van der Waals surface area contributed by atoms with Crippen LogP contribution in [0.3, 0.4) is 0 Å². The van der Waals surface area contributed by atoms with E-state index in [0.29, 0.717) is 16.0 Å². The van der Waals surface area contributed by atoms with E-state index in [2.05, 4.69) is 16.3 Å². The molecule has 0 bridgehead atoms. The largest absolute Gasteiger partial charge is 0.282 e. The predicted octanol–water partition coefficient (Wildman–Crippen LogP) is 4.65. The third-order valence-electron chi connectivity index (χ3n) is 3.30. The first kappa shape index (κ1) is 11.1. The van der Waals surface area contributed by atoms with E-state index in [1.165, 1.54) is 25.0 Å². The number of hydrogen-bond acceptors (Lipinski definition) is 1. The van der Waals surface area contributed by atoms with Crippen molar-refractivity contribution in [3.8, 4) is 11.3 Å². The molecule has 0 aliphatic heterocycles. The molecule has 0 radical (unpaired) electrons. The molecule has 0 unspecified atom stereocenters. The summed E-state index contributed by atoms with van der Waals surface area (Å²) >= 11 is 12.0. The van der Waals surface area contributed by atoms with Gasteiger partial charge in [-0.15, -0.1) is 0 Å². The lowest BCUT2D eigenvalue weighted by Crippen LogP contribution is -2.08. The van der Waals surface area contributed by atoms with Crippen LogP contribution in [0.2, 0.25) is 10.0 Å². The van der Waals surface area contributed by atoms with Gasteiger partial charge in [-0.2, -0.15) is 5.10 Å². The van der Waals surface area contributed by atoms with Crippen LogP contribution >= 0.6 is 23.2 Å². The van der Waals surface area contributed by atoms with Gasteiger partial charge in [-0.05, 0) is 37.1 Å². The fraction of sp³-hybridized carbons (Fsp3) is 0.308. The average Bonchev–Trinajstić information content (AvgIpc) is 2.62. The van der Waals surface area contributed by atoms with Gasteiger partial charge in [-0.25, -0.2) is 0 Å². The van der Waals surface area contributed by atoms with Gasteiger partial charge >= 0.3 is 0 Å². The molecule has 2 nitrogen and oxygen atoms in total. The molecule has 1 saturated carbocycles. The summed E-state index contributed by atoms with van der Waals surface area (Å²) in [4.78, 5) is 0. The molecule has 1 N–H and O–H groups in total. The van der Waals surface area contributed by atoms with E-state index >= 15 is 0 Å². The number of halogens is 2. The minimum absolute atomic E-state index is 0.640. The fourth-order valence-corrected chi connectivity index (χ4v) is 2.64. The predicted molar refractivity (Wildman–Crippen MR) is 70.6 cm³/mol. The van der Waals surface area contributed by atoms with Crippen molar-refractivity contribution >= 4 is 23.2 Å². The number of benzene rings is 1. The van der Waals surface area contributed by atoms with E-state index in [1.54, 1.807) is 6.07 Å². The number of aromatic amines is 1. The van der Waals surface area contributed by atoms with Crippen LogP contribution in [0.1, 0.15) is 30.9 Å². The van der Waals surface area contributed by atoms with Gasteiger partial charge < -0.3 is 0 Å². The summed E-state index contributed by atoms with van der Waals surface area (Å²) in [5.74, 6) is 0.658. The van der Waals surface area contributed by atoms with Crippen LogP contribution in [-0.4, -0.2) is 10.2 Å². The molecule has 2 aromatic rings. The summed E-state index contributed by atoms with van der Waals surface area (Å²) in [7, 11) is 0. The summed E-state index contributed by atoms with van der Waals surface area (Å²) in [6.45, 7) is 0. The monoisotopic (exact) mass is 266 g/mol. The van der Waals surface area contributed by atoms with E-state index in [-0.39, 0.29) is 0 Å². The van der Waals surface area contributed by atoms with E-state index < -0.39 is 0 Å². The molecule has 0 amide bonds. The van der Waals surface area contributed by atoms with Crippen molar-refractivity contribution in [3.05, 3.63) is 40.0 Å². The maximum Gasteiger partial charge on any atom is 0.0924 e. The molecule has 0 spiro atoms. The van der Waals surface area contributed by atoms with E-state index in [0.717, 1.165) is 11.3 Å². The van der Waals surface area contributed by atoms with Crippen LogP contribution in [0.5, 0.6) is 0 Å². The molecular weight excluding hydrogens is 255 g/mol. The number of rotatable bonds is 2. The van der Waals surface area contributed by atoms with Crippen LogP contribution in [0.4, 0.5) is 0 Å². The Morgan fingerprint density at radius 3 is 2.35 bits per heavy atom. The molecule has 1 aromatic heterocycles. The van der Waals surface area contributed by atoms with Crippen molar-refractivity contribution < 1.29 is 0 Å². The van der Waals surface area contributed by atoms with E-state index in [1.807, 2.05) is 12.1 Å². The van der Waals surface area contributed by atoms with Gasteiger partial charge in [0.25, 0.3) is 0 Å². The molecule has 4 heteroatoms. The van der Waals surface area contributed by atoms with Gasteiger partial charge in [-0.3, -0.25) is 5.10 Å². The van der Waals surface area contributed by atoms with Crippen LogP contribution in [0, 0.1) is 0 Å². The smallest absolute Gasteiger partial charge is 0.0924 e. The van der Waals surface area contributed by atoms with Gasteiger partial charge in [0.05, 0.1) is 5.69 Å².